The van der Waals surface area contributed by atoms with E-state index in [9.17, 15) is 0 Å². The molecule has 2 aliphatic rings. The predicted molar refractivity (Wildman–Crippen MR) is 84.8 cm³/mol. The van der Waals surface area contributed by atoms with Gasteiger partial charge < -0.3 is 10.5 Å². The average molecular weight is 282 g/mol. The number of morpholine rings is 1. The molecule has 3 heteroatoms. The minimum atomic E-state index is -0.0509. The molecule has 0 radical (unpaired) electrons. The molecule has 0 spiro atoms. The zero-order chi connectivity index (χ0) is 15.0. The van der Waals surface area contributed by atoms with Crippen molar-refractivity contribution in [3.05, 3.63) is 0 Å². The minimum Gasteiger partial charge on any atom is -0.367 e. The van der Waals surface area contributed by atoms with Crippen LogP contribution in [-0.4, -0.2) is 41.8 Å². The Morgan fingerprint density at radius 1 is 1.10 bits per heavy atom. The summed E-state index contributed by atoms with van der Waals surface area (Å²) in [6.45, 7) is 14.3. The summed E-state index contributed by atoms with van der Waals surface area (Å²) in [6, 6.07) is 0.395. The molecule has 2 rings (SSSR count). The second-order valence-electron chi connectivity index (χ2n) is 8.30. The number of ether oxygens (including phenoxy) is 1. The number of rotatable bonds is 3. The highest BCUT2D eigenvalue weighted by atomic mass is 16.5. The highest BCUT2D eigenvalue weighted by molar-refractivity contribution is 4.92. The smallest absolute Gasteiger partial charge is 0.0760 e. The van der Waals surface area contributed by atoms with Crippen molar-refractivity contribution in [3.63, 3.8) is 0 Å². The van der Waals surface area contributed by atoms with Crippen LogP contribution in [0.2, 0.25) is 0 Å². The lowest BCUT2D eigenvalue weighted by Gasteiger charge is -2.49. The molecule has 0 aromatic heterocycles. The molecule has 2 N–H and O–H groups in total. The van der Waals surface area contributed by atoms with Gasteiger partial charge in [0.2, 0.25) is 0 Å². The Balaban J connectivity index is 1.97. The van der Waals surface area contributed by atoms with E-state index in [2.05, 4.69) is 39.5 Å². The largest absolute Gasteiger partial charge is 0.367 e. The molecule has 0 aromatic rings. The van der Waals surface area contributed by atoms with Gasteiger partial charge in [-0.05, 0) is 58.8 Å². The molecule has 20 heavy (non-hydrogen) atoms. The van der Waals surface area contributed by atoms with E-state index in [1.165, 1.54) is 25.7 Å². The normalized spacial score (nSPS) is 37.8. The summed E-state index contributed by atoms with van der Waals surface area (Å²) in [7, 11) is 0. The maximum Gasteiger partial charge on any atom is 0.0760 e. The monoisotopic (exact) mass is 282 g/mol. The van der Waals surface area contributed by atoms with Crippen LogP contribution in [0.5, 0.6) is 0 Å². The van der Waals surface area contributed by atoms with Gasteiger partial charge in [-0.25, -0.2) is 0 Å². The van der Waals surface area contributed by atoms with Gasteiger partial charge in [-0.1, -0.05) is 13.3 Å². The Morgan fingerprint density at radius 3 is 2.25 bits per heavy atom. The highest BCUT2D eigenvalue weighted by Crippen LogP contribution is 2.33. The fraction of sp³-hybridized carbons (Fsp3) is 1.00. The lowest BCUT2D eigenvalue weighted by atomic mass is 9.77. The van der Waals surface area contributed by atoms with E-state index in [0.717, 1.165) is 25.6 Å². The van der Waals surface area contributed by atoms with E-state index in [1.54, 1.807) is 0 Å². The van der Waals surface area contributed by atoms with Crippen molar-refractivity contribution in [1.29, 1.82) is 0 Å². The molecule has 0 amide bonds. The van der Waals surface area contributed by atoms with Crippen molar-refractivity contribution in [3.8, 4) is 0 Å². The van der Waals surface area contributed by atoms with Gasteiger partial charge in [0.05, 0.1) is 11.2 Å². The van der Waals surface area contributed by atoms with E-state index in [-0.39, 0.29) is 11.2 Å². The summed E-state index contributed by atoms with van der Waals surface area (Å²) in [5.41, 5.74) is 6.29. The fourth-order valence-electron chi connectivity index (χ4n) is 4.37. The van der Waals surface area contributed by atoms with Crippen LogP contribution in [0.1, 0.15) is 60.3 Å². The molecule has 1 saturated heterocycles. The molecular formula is C17H34N2O. The van der Waals surface area contributed by atoms with Crippen LogP contribution >= 0.6 is 0 Å². The molecule has 1 aliphatic heterocycles. The molecule has 3 unspecified atom stereocenters. The van der Waals surface area contributed by atoms with Crippen LogP contribution in [0.25, 0.3) is 0 Å². The summed E-state index contributed by atoms with van der Waals surface area (Å²) >= 11 is 0. The van der Waals surface area contributed by atoms with Crippen LogP contribution in [0.15, 0.2) is 0 Å². The van der Waals surface area contributed by atoms with Crippen molar-refractivity contribution in [1.82, 2.24) is 4.90 Å². The number of nitrogens with two attached hydrogens (primary N) is 1. The van der Waals surface area contributed by atoms with Crippen LogP contribution in [0.3, 0.4) is 0 Å². The quantitative estimate of drug-likeness (QED) is 0.864. The molecule has 0 aromatic carbocycles. The third-order valence-corrected chi connectivity index (χ3v) is 4.98. The third kappa shape index (κ3) is 4.19. The molecule has 1 saturated carbocycles. The van der Waals surface area contributed by atoms with Gasteiger partial charge in [-0.15, -0.1) is 0 Å². The molecular weight excluding hydrogens is 248 g/mol. The summed E-state index contributed by atoms with van der Waals surface area (Å²) < 4.78 is 6.18. The van der Waals surface area contributed by atoms with E-state index in [4.69, 9.17) is 10.5 Å². The molecule has 1 aliphatic carbocycles. The maximum absolute atomic E-state index is 6.39. The fourth-order valence-corrected chi connectivity index (χ4v) is 4.37. The van der Waals surface area contributed by atoms with Crippen molar-refractivity contribution in [2.75, 3.05) is 19.6 Å². The first kappa shape index (κ1) is 16.3. The lowest BCUT2D eigenvalue weighted by molar-refractivity contribution is -0.182. The minimum absolute atomic E-state index is 0.0509. The summed E-state index contributed by atoms with van der Waals surface area (Å²) in [6.07, 6.45) is 5.16. The Kier molecular flexibility index (Phi) is 4.83. The Bertz CT molecular complexity index is 311. The van der Waals surface area contributed by atoms with Crippen molar-refractivity contribution >= 4 is 0 Å². The molecule has 3 nitrogen and oxygen atoms in total. The van der Waals surface area contributed by atoms with Crippen LogP contribution in [0.4, 0.5) is 0 Å². The lowest BCUT2D eigenvalue weighted by Crippen LogP contribution is -2.59. The second kappa shape index (κ2) is 5.94. The van der Waals surface area contributed by atoms with Gasteiger partial charge in [0, 0.05) is 25.7 Å². The summed E-state index contributed by atoms with van der Waals surface area (Å²) in [5.74, 6) is 1.56. The van der Waals surface area contributed by atoms with Gasteiger partial charge in [0.1, 0.15) is 0 Å². The SMILES string of the molecule is CCC1CCC(N)C(CN2CC(C)(C)OC(C)(C)C2)C1. The Hall–Kier alpha value is -0.120. The summed E-state index contributed by atoms with van der Waals surface area (Å²) in [4.78, 5) is 2.59. The second-order valence-corrected chi connectivity index (χ2v) is 8.30. The molecule has 2 fully saturated rings. The molecule has 3 atom stereocenters. The van der Waals surface area contributed by atoms with Gasteiger partial charge in [0.15, 0.2) is 0 Å². The zero-order valence-corrected chi connectivity index (χ0v) is 14.1. The first-order valence-corrected chi connectivity index (χ1v) is 8.39. The predicted octanol–water partition coefficient (Wildman–Crippen LogP) is 3.03. The first-order chi connectivity index (χ1) is 9.21. The van der Waals surface area contributed by atoms with Gasteiger partial charge in [0.25, 0.3) is 0 Å². The van der Waals surface area contributed by atoms with Crippen LogP contribution in [-0.2, 0) is 4.74 Å². The third-order valence-electron chi connectivity index (χ3n) is 4.98. The zero-order valence-electron chi connectivity index (χ0n) is 14.1. The molecule has 118 valence electrons. The standard InChI is InChI=1S/C17H34N2O/c1-6-13-7-8-15(18)14(9-13)10-19-11-16(2,3)20-17(4,5)12-19/h13-15H,6-12,18H2,1-5H3. The highest BCUT2D eigenvalue weighted by Gasteiger charge is 2.39. The van der Waals surface area contributed by atoms with E-state index < -0.39 is 0 Å². The Morgan fingerprint density at radius 2 is 1.70 bits per heavy atom. The van der Waals surface area contributed by atoms with Crippen molar-refractivity contribution < 1.29 is 4.74 Å². The van der Waals surface area contributed by atoms with Crippen molar-refractivity contribution in [2.24, 2.45) is 17.6 Å². The maximum atomic E-state index is 6.39. The van der Waals surface area contributed by atoms with Crippen LogP contribution in [0, 0.1) is 11.8 Å². The number of hydrogen-bond acceptors (Lipinski definition) is 3. The number of hydrogen-bond donors (Lipinski definition) is 1. The van der Waals surface area contributed by atoms with Gasteiger partial charge in [-0.3, -0.25) is 4.90 Å². The molecule has 0 bridgehead atoms. The Labute approximate surface area is 125 Å². The topological polar surface area (TPSA) is 38.5 Å². The van der Waals surface area contributed by atoms with Gasteiger partial charge in [-0.2, -0.15) is 0 Å². The van der Waals surface area contributed by atoms with Gasteiger partial charge >= 0.3 is 0 Å². The van der Waals surface area contributed by atoms with E-state index in [0.29, 0.717) is 12.0 Å². The van der Waals surface area contributed by atoms with E-state index >= 15 is 0 Å². The summed E-state index contributed by atoms with van der Waals surface area (Å²) in [5, 5.41) is 0. The first-order valence-electron chi connectivity index (χ1n) is 8.39. The van der Waals surface area contributed by atoms with E-state index in [1.807, 2.05) is 0 Å². The van der Waals surface area contributed by atoms with Crippen molar-refractivity contribution in [2.45, 2.75) is 77.5 Å². The molecule has 1 heterocycles. The average Bonchev–Trinajstić information content (AvgIpc) is 2.28. The number of nitrogens with zero attached hydrogens (tertiary/aromatic N) is 1. The van der Waals surface area contributed by atoms with Crippen LogP contribution < -0.4 is 5.73 Å².